The van der Waals surface area contributed by atoms with Gasteiger partial charge in [-0.2, -0.15) is 5.10 Å². The van der Waals surface area contributed by atoms with Gasteiger partial charge in [0.05, 0.1) is 42.6 Å². The molecule has 1 fully saturated rings. The number of morpholine rings is 1. The van der Waals surface area contributed by atoms with Crippen molar-refractivity contribution in [3.63, 3.8) is 0 Å². The van der Waals surface area contributed by atoms with Crippen LogP contribution in [0.1, 0.15) is 53.3 Å². The SMILES string of the molecule is CCn1nc2c(c1C(=O)N1CCO[C@@H](c3cncc(-c4ccccc4F)n3)C1)CCCC2. The molecule has 1 aromatic carbocycles. The lowest BCUT2D eigenvalue weighted by Gasteiger charge is -2.33. The van der Waals surface area contributed by atoms with Crippen LogP contribution in [0.25, 0.3) is 11.3 Å². The van der Waals surface area contributed by atoms with E-state index in [0.717, 1.165) is 36.9 Å². The summed E-state index contributed by atoms with van der Waals surface area (Å²) in [5.74, 6) is -0.355. The maximum atomic E-state index is 14.2. The van der Waals surface area contributed by atoms with Crippen molar-refractivity contribution in [1.29, 1.82) is 0 Å². The molecular formula is C24H26FN5O2. The van der Waals surface area contributed by atoms with Gasteiger partial charge < -0.3 is 9.64 Å². The molecule has 1 aliphatic carbocycles. The second-order valence-electron chi connectivity index (χ2n) is 8.22. The monoisotopic (exact) mass is 435 g/mol. The predicted octanol–water partition coefficient (Wildman–Crippen LogP) is 3.59. The average molecular weight is 436 g/mol. The molecule has 0 N–H and O–H groups in total. The Labute approximate surface area is 186 Å². The number of benzene rings is 1. The topological polar surface area (TPSA) is 73.1 Å². The largest absolute Gasteiger partial charge is 0.368 e. The quantitative estimate of drug-likeness (QED) is 0.626. The molecule has 8 heteroatoms. The van der Waals surface area contributed by atoms with Crippen molar-refractivity contribution >= 4 is 5.91 Å². The summed E-state index contributed by atoms with van der Waals surface area (Å²) in [4.78, 5) is 24.2. The summed E-state index contributed by atoms with van der Waals surface area (Å²) in [6, 6.07) is 6.49. The molecule has 7 nitrogen and oxygen atoms in total. The minimum absolute atomic E-state index is 0.00554. The molecule has 1 saturated heterocycles. The Morgan fingerprint density at radius 2 is 2.06 bits per heavy atom. The van der Waals surface area contributed by atoms with E-state index >= 15 is 0 Å². The lowest BCUT2D eigenvalue weighted by atomic mass is 9.95. The molecule has 5 rings (SSSR count). The number of amides is 1. The zero-order chi connectivity index (χ0) is 22.1. The predicted molar refractivity (Wildman–Crippen MR) is 117 cm³/mol. The van der Waals surface area contributed by atoms with Crippen molar-refractivity contribution in [2.45, 2.75) is 45.3 Å². The first-order valence-electron chi connectivity index (χ1n) is 11.2. The van der Waals surface area contributed by atoms with Crippen molar-refractivity contribution in [2.24, 2.45) is 0 Å². The Morgan fingerprint density at radius 3 is 2.91 bits per heavy atom. The number of hydrogen-bond donors (Lipinski definition) is 0. The van der Waals surface area contributed by atoms with Crippen LogP contribution >= 0.6 is 0 Å². The highest BCUT2D eigenvalue weighted by molar-refractivity contribution is 5.94. The fourth-order valence-electron chi connectivity index (χ4n) is 4.57. The van der Waals surface area contributed by atoms with Crippen molar-refractivity contribution in [2.75, 3.05) is 19.7 Å². The van der Waals surface area contributed by atoms with Gasteiger partial charge in [0.25, 0.3) is 5.91 Å². The van der Waals surface area contributed by atoms with Crippen LogP contribution in [0.2, 0.25) is 0 Å². The molecule has 32 heavy (non-hydrogen) atoms. The highest BCUT2D eigenvalue weighted by atomic mass is 19.1. The van der Waals surface area contributed by atoms with E-state index in [1.165, 1.54) is 6.07 Å². The number of rotatable bonds is 4. The standard InChI is InChI=1S/C24H26FN5O2/c1-2-30-23(17-8-4-6-10-19(17)28-30)24(31)29-11-12-32-22(15-29)21-14-26-13-20(27-21)16-7-3-5-9-18(16)25/h3,5,7,9,13-14,22H,2,4,6,8,10-12,15H2,1H3/t22-/m1/s1. The van der Waals surface area contributed by atoms with Crippen LogP contribution in [0.5, 0.6) is 0 Å². The molecule has 1 atom stereocenters. The molecule has 0 bridgehead atoms. The second kappa shape index (κ2) is 8.78. The van der Waals surface area contributed by atoms with Gasteiger partial charge in [-0.3, -0.25) is 14.5 Å². The molecule has 0 saturated carbocycles. The Hall–Kier alpha value is -3.13. The molecule has 0 spiro atoms. The van der Waals surface area contributed by atoms with Gasteiger partial charge in [-0.1, -0.05) is 12.1 Å². The fraction of sp³-hybridized carbons (Fsp3) is 0.417. The molecule has 3 heterocycles. The summed E-state index contributed by atoms with van der Waals surface area (Å²) in [5, 5.41) is 4.70. The van der Waals surface area contributed by atoms with Gasteiger partial charge >= 0.3 is 0 Å². The van der Waals surface area contributed by atoms with Gasteiger partial charge in [-0.05, 0) is 44.7 Å². The Kier molecular flexibility index (Phi) is 5.70. The van der Waals surface area contributed by atoms with E-state index in [4.69, 9.17) is 9.84 Å². The van der Waals surface area contributed by atoms with Gasteiger partial charge in [-0.15, -0.1) is 0 Å². The van der Waals surface area contributed by atoms with Crippen LogP contribution < -0.4 is 0 Å². The minimum atomic E-state index is -0.416. The van der Waals surface area contributed by atoms with E-state index in [0.29, 0.717) is 48.9 Å². The molecule has 2 aromatic heterocycles. The van der Waals surface area contributed by atoms with Crippen molar-refractivity contribution < 1.29 is 13.9 Å². The average Bonchev–Trinajstić information content (AvgIpc) is 3.23. The zero-order valence-corrected chi connectivity index (χ0v) is 18.1. The number of hydrogen-bond acceptors (Lipinski definition) is 5. The van der Waals surface area contributed by atoms with Crippen molar-refractivity contribution in [3.05, 3.63) is 65.1 Å². The van der Waals surface area contributed by atoms with E-state index in [1.807, 2.05) is 16.5 Å². The van der Waals surface area contributed by atoms with Crippen LogP contribution in [0.4, 0.5) is 4.39 Å². The third kappa shape index (κ3) is 3.79. The number of halogens is 1. The first-order chi connectivity index (χ1) is 15.7. The highest BCUT2D eigenvalue weighted by Crippen LogP contribution is 2.28. The highest BCUT2D eigenvalue weighted by Gasteiger charge is 2.32. The summed E-state index contributed by atoms with van der Waals surface area (Å²) >= 11 is 0. The first kappa shape index (κ1) is 20.8. The number of ether oxygens (including phenoxy) is 1. The normalized spacial score (nSPS) is 18.4. The van der Waals surface area contributed by atoms with Crippen LogP contribution in [-0.4, -0.2) is 50.3 Å². The molecular weight excluding hydrogens is 409 g/mol. The maximum absolute atomic E-state index is 14.2. The molecule has 1 aliphatic heterocycles. The first-order valence-corrected chi connectivity index (χ1v) is 11.2. The van der Waals surface area contributed by atoms with Gasteiger partial charge in [0.15, 0.2) is 0 Å². The van der Waals surface area contributed by atoms with Crippen LogP contribution in [0.3, 0.4) is 0 Å². The number of fused-ring (bicyclic) bond motifs is 1. The molecule has 0 unspecified atom stereocenters. The molecule has 3 aromatic rings. The van der Waals surface area contributed by atoms with Crippen LogP contribution in [0.15, 0.2) is 36.7 Å². The zero-order valence-electron chi connectivity index (χ0n) is 18.1. The number of carbonyl (C=O) groups excluding carboxylic acids is 1. The number of aryl methyl sites for hydroxylation is 2. The number of nitrogens with zero attached hydrogens (tertiary/aromatic N) is 5. The van der Waals surface area contributed by atoms with Crippen molar-refractivity contribution in [3.8, 4) is 11.3 Å². The fourth-order valence-corrected chi connectivity index (χ4v) is 4.57. The molecule has 1 amide bonds. The number of aromatic nitrogens is 4. The summed E-state index contributed by atoms with van der Waals surface area (Å²) < 4.78 is 22.0. The van der Waals surface area contributed by atoms with Crippen LogP contribution in [0, 0.1) is 5.82 Å². The smallest absolute Gasteiger partial charge is 0.272 e. The second-order valence-corrected chi connectivity index (χ2v) is 8.22. The van der Waals surface area contributed by atoms with Gasteiger partial charge in [0, 0.05) is 24.2 Å². The lowest BCUT2D eigenvalue weighted by Crippen LogP contribution is -2.43. The third-order valence-electron chi connectivity index (χ3n) is 6.21. The summed E-state index contributed by atoms with van der Waals surface area (Å²) in [5.41, 5.74) is 4.32. The van der Waals surface area contributed by atoms with E-state index in [-0.39, 0.29) is 11.7 Å². The molecule has 2 aliphatic rings. The third-order valence-corrected chi connectivity index (χ3v) is 6.21. The van der Waals surface area contributed by atoms with E-state index in [9.17, 15) is 9.18 Å². The summed E-state index contributed by atoms with van der Waals surface area (Å²) in [6.07, 6.45) is 6.81. The van der Waals surface area contributed by atoms with Crippen molar-refractivity contribution in [1.82, 2.24) is 24.6 Å². The Balaban J connectivity index is 1.40. The molecule has 166 valence electrons. The van der Waals surface area contributed by atoms with E-state index in [1.54, 1.807) is 30.6 Å². The van der Waals surface area contributed by atoms with Gasteiger partial charge in [0.1, 0.15) is 17.6 Å². The Bertz CT molecular complexity index is 1150. The van der Waals surface area contributed by atoms with Gasteiger partial charge in [0.2, 0.25) is 0 Å². The number of carbonyl (C=O) groups is 1. The van der Waals surface area contributed by atoms with Gasteiger partial charge in [-0.25, -0.2) is 9.37 Å². The van der Waals surface area contributed by atoms with E-state index in [2.05, 4.69) is 9.97 Å². The summed E-state index contributed by atoms with van der Waals surface area (Å²) in [6.45, 7) is 3.97. The lowest BCUT2D eigenvalue weighted by molar-refractivity contribution is -0.0252. The molecule has 0 radical (unpaired) electrons. The summed E-state index contributed by atoms with van der Waals surface area (Å²) in [7, 11) is 0. The minimum Gasteiger partial charge on any atom is -0.368 e. The van der Waals surface area contributed by atoms with Crippen LogP contribution in [-0.2, 0) is 24.1 Å². The van der Waals surface area contributed by atoms with E-state index < -0.39 is 6.10 Å². The maximum Gasteiger partial charge on any atom is 0.272 e. The Morgan fingerprint density at radius 1 is 1.22 bits per heavy atom.